The summed E-state index contributed by atoms with van der Waals surface area (Å²) in [4.78, 5) is 29.6. The fourth-order valence-corrected chi connectivity index (χ4v) is 4.89. The molecule has 0 aliphatic carbocycles. The van der Waals surface area contributed by atoms with Crippen LogP contribution in [0.2, 0.25) is 0 Å². The summed E-state index contributed by atoms with van der Waals surface area (Å²) in [6, 6.07) is 14.6. The van der Waals surface area contributed by atoms with Crippen molar-refractivity contribution >= 4 is 49.7 Å². The number of rotatable bonds is 6. The first-order chi connectivity index (χ1) is 15.6. The van der Waals surface area contributed by atoms with E-state index in [2.05, 4.69) is 5.32 Å². The normalized spacial score (nSPS) is 12.7. The van der Waals surface area contributed by atoms with Gasteiger partial charge in [0.1, 0.15) is 6.54 Å². The molecule has 1 unspecified atom stereocenters. The number of amides is 1. The van der Waals surface area contributed by atoms with Crippen molar-refractivity contribution in [2.75, 3.05) is 19.8 Å². The molecule has 8 nitrogen and oxygen atoms in total. The maximum absolute atomic E-state index is 13.3. The minimum absolute atomic E-state index is 0.114. The van der Waals surface area contributed by atoms with Crippen LogP contribution < -0.4 is 11.1 Å². The molecule has 0 bridgehead atoms. The van der Waals surface area contributed by atoms with E-state index in [0.717, 1.165) is 38.1 Å². The molecule has 2 aromatic heterocycles. The highest BCUT2D eigenvalue weighted by Gasteiger charge is 2.28. The molecule has 0 saturated carbocycles. The zero-order valence-corrected chi connectivity index (χ0v) is 19.8. The number of carbonyl (C=O) groups excluding carboxylic acids is 1. The second-order valence-corrected chi connectivity index (χ2v) is 9.93. The van der Waals surface area contributed by atoms with Gasteiger partial charge in [0, 0.05) is 23.8 Å². The SMILES string of the molecule is Cc1cccc2c(N)c3cccc(C(=O)NC(C)[N+](C)(C)Cc4ccc([N+](=O)[O-])s4)c3nc12. The molecular formula is C24H26N5O3S+. The quantitative estimate of drug-likeness (QED) is 0.142. The predicted octanol–water partition coefficient (Wildman–Crippen LogP) is 4.60. The van der Waals surface area contributed by atoms with E-state index in [4.69, 9.17) is 10.7 Å². The van der Waals surface area contributed by atoms with Crippen molar-refractivity contribution in [3.63, 3.8) is 0 Å². The highest BCUT2D eigenvalue weighted by molar-refractivity contribution is 7.15. The van der Waals surface area contributed by atoms with Crippen LogP contribution in [0.15, 0.2) is 48.5 Å². The summed E-state index contributed by atoms with van der Waals surface area (Å²) in [5.74, 6) is -0.240. The molecule has 0 saturated heterocycles. The number of quaternary nitrogens is 1. The van der Waals surface area contributed by atoms with E-state index >= 15 is 0 Å². The maximum atomic E-state index is 13.3. The number of carbonyl (C=O) groups is 1. The summed E-state index contributed by atoms with van der Waals surface area (Å²) in [5.41, 5.74) is 9.87. The van der Waals surface area contributed by atoms with Gasteiger partial charge in [-0.1, -0.05) is 41.7 Å². The minimum atomic E-state index is -0.385. The van der Waals surface area contributed by atoms with Crippen molar-refractivity contribution in [2.24, 2.45) is 0 Å². The topological polar surface area (TPSA) is 111 Å². The smallest absolute Gasteiger partial charge is 0.324 e. The molecule has 2 aromatic carbocycles. The third-order valence-corrected chi connectivity index (χ3v) is 7.12. The second-order valence-electron chi connectivity index (χ2n) is 8.78. The molecule has 33 heavy (non-hydrogen) atoms. The number of thiophene rings is 1. The first-order valence-corrected chi connectivity index (χ1v) is 11.3. The average molecular weight is 465 g/mol. The number of hydrogen-bond donors (Lipinski definition) is 2. The molecule has 170 valence electrons. The summed E-state index contributed by atoms with van der Waals surface area (Å²) in [6.45, 7) is 4.44. The average Bonchev–Trinajstić information content (AvgIpc) is 3.22. The zero-order chi connectivity index (χ0) is 23.9. The number of fused-ring (bicyclic) bond motifs is 2. The largest absolute Gasteiger partial charge is 0.398 e. The fraction of sp³-hybridized carbons (Fsp3) is 0.250. The molecule has 3 N–H and O–H groups in total. The number of benzene rings is 2. The van der Waals surface area contributed by atoms with Crippen molar-refractivity contribution < 1.29 is 14.2 Å². The summed E-state index contributed by atoms with van der Waals surface area (Å²) >= 11 is 1.16. The Morgan fingerprint density at radius 1 is 1.15 bits per heavy atom. The first-order valence-electron chi connectivity index (χ1n) is 10.5. The Kier molecular flexibility index (Phi) is 5.77. The zero-order valence-electron chi connectivity index (χ0n) is 19.0. The molecule has 2 heterocycles. The van der Waals surface area contributed by atoms with Gasteiger partial charge in [-0.05, 0) is 24.6 Å². The van der Waals surface area contributed by atoms with Crippen molar-refractivity contribution in [2.45, 2.75) is 26.6 Å². The molecule has 1 amide bonds. The number of nitro groups is 1. The molecule has 1 atom stereocenters. The van der Waals surface area contributed by atoms with Crippen LogP contribution in [0.4, 0.5) is 10.7 Å². The Hall–Kier alpha value is -3.56. The van der Waals surface area contributed by atoms with Crippen LogP contribution in [0.5, 0.6) is 0 Å². The van der Waals surface area contributed by atoms with Crippen LogP contribution in [0.3, 0.4) is 0 Å². The lowest BCUT2D eigenvalue weighted by Crippen LogP contribution is -2.55. The molecule has 0 fully saturated rings. The Morgan fingerprint density at radius 3 is 2.48 bits per heavy atom. The third kappa shape index (κ3) is 4.24. The highest BCUT2D eigenvalue weighted by atomic mass is 32.1. The van der Waals surface area contributed by atoms with Crippen molar-refractivity contribution in [1.29, 1.82) is 0 Å². The molecule has 9 heteroatoms. The van der Waals surface area contributed by atoms with Gasteiger partial charge >= 0.3 is 5.00 Å². The van der Waals surface area contributed by atoms with E-state index in [1.807, 2.05) is 58.3 Å². The van der Waals surface area contributed by atoms with Gasteiger partial charge in [0.15, 0.2) is 6.17 Å². The van der Waals surface area contributed by atoms with Gasteiger partial charge in [0.2, 0.25) is 0 Å². The van der Waals surface area contributed by atoms with Crippen LogP contribution >= 0.6 is 11.3 Å². The monoisotopic (exact) mass is 464 g/mol. The second kappa shape index (κ2) is 8.42. The third-order valence-electron chi connectivity index (χ3n) is 6.10. The van der Waals surface area contributed by atoms with Gasteiger partial charge < -0.3 is 15.5 Å². The number of nitrogen functional groups attached to an aromatic ring is 1. The molecule has 4 rings (SSSR count). The lowest BCUT2D eigenvalue weighted by molar-refractivity contribution is -0.927. The number of pyridine rings is 1. The Morgan fingerprint density at radius 2 is 1.82 bits per heavy atom. The number of nitrogens with one attached hydrogen (secondary N) is 1. The number of aromatic nitrogens is 1. The van der Waals surface area contributed by atoms with Crippen LogP contribution in [0.1, 0.15) is 27.7 Å². The molecule has 0 radical (unpaired) electrons. The van der Waals surface area contributed by atoms with Gasteiger partial charge in [0.25, 0.3) is 5.91 Å². The van der Waals surface area contributed by atoms with Gasteiger partial charge in [-0.15, -0.1) is 0 Å². The maximum Gasteiger partial charge on any atom is 0.324 e. The van der Waals surface area contributed by atoms with E-state index < -0.39 is 0 Å². The van der Waals surface area contributed by atoms with E-state index in [1.54, 1.807) is 12.1 Å². The molecule has 0 spiro atoms. The summed E-state index contributed by atoms with van der Waals surface area (Å²) in [6.07, 6.45) is -0.256. The number of nitrogens with zero attached hydrogens (tertiary/aromatic N) is 3. The summed E-state index contributed by atoms with van der Waals surface area (Å²) < 4.78 is 0.422. The van der Waals surface area contributed by atoms with Gasteiger partial charge in [0.05, 0.1) is 46.2 Å². The number of para-hydroxylation sites is 2. The molecule has 0 aliphatic heterocycles. The van der Waals surface area contributed by atoms with Crippen molar-refractivity contribution in [1.82, 2.24) is 10.3 Å². The Bertz CT molecular complexity index is 1400. The Balaban J connectivity index is 1.63. The van der Waals surface area contributed by atoms with Crippen LogP contribution in [0.25, 0.3) is 21.8 Å². The number of nitrogens with two attached hydrogens (primary N) is 1. The van der Waals surface area contributed by atoms with Gasteiger partial charge in [-0.3, -0.25) is 14.9 Å². The van der Waals surface area contributed by atoms with Crippen molar-refractivity contribution in [3.8, 4) is 0 Å². The molecule has 0 aliphatic rings. The number of hydrogen-bond acceptors (Lipinski definition) is 6. The van der Waals surface area contributed by atoms with E-state index in [1.165, 1.54) is 6.07 Å². The number of anilines is 1. The van der Waals surface area contributed by atoms with Crippen LogP contribution in [-0.2, 0) is 6.54 Å². The van der Waals surface area contributed by atoms with Crippen molar-refractivity contribution in [3.05, 3.63) is 74.6 Å². The van der Waals surface area contributed by atoms with Crippen LogP contribution in [0, 0.1) is 17.0 Å². The summed E-state index contributed by atoms with van der Waals surface area (Å²) in [5, 5.41) is 15.8. The molecular weight excluding hydrogens is 438 g/mol. The van der Waals surface area contributed by atoms with E-state index in [9.17, 15) is 14.9 Å². The fourth-order valence-electron chi connectivity index (χ4n) is 3.88. The summed E-state index contributed by atoms with van der Waals surface area (Å²) in [7, 11) is 3.96. The Labute approximate surface area is 195 Å². The highest BCUT2D eigenvalue weighted by Crippen LogP contribution is 2.31. The van der Waals surface area contributed by atoms with Crippen LogP contribution in [-0.4, -0.2) is 40.6 Å². The molecule has 4 aromatic rings. The number of aryl methyl sites for hydroxylation is 1. The lowest BCUT2D eigenvalue weighted by Gasteiger charge is -2.35. The first kappa shape index (κ1) is 22.6. The van der Waals surface area contributed by atoms with Gasteiger partial charge in [-0.25, -0.2) is 4.98 Å². The van der Waals surface area contributed by atoms with Gasteiger partial charge in [-0.2, -0.15) is 0 Å². The predicted molar refractivity (Wildman–Crippen MR) is 132 cm³/mol. The lowest BCUT2D eigenvalue weighted by atomic mass is 10.0. The van der Waals surface area contributed by atoms with E-state index in [-0.39, 0.29) is 22.0 Å². The minimum Gasteiger partial charge on any atom is -0.398 e. The van der Waals surface area contributed by atoms with E-state index in [0.29, 0.717) is 27.8 Å². The standard InChI is InChI=1S/C24H25N5O3S/c1-14-7-5-8-17-21(25)18-9-6-10-19(23(18)27-22(14)17)24(30)26-15(2)29(3,4)13-16-11-12-20(33-16)28(31)32/h5-12,15H,13H2,1-4H3,(H2-,25,26,27,30)/p+1.